The van der Waals surface area contributed by atoms with Gasteiger partial charge >= 0.3 is 5.97 Å². The zero-order valence-electron chi connectivity index (χ0n) is 17.2. The minimum atomic E-state index is -0.683. The number of hydrogen-bond donors (Lipinski definition) is 1. The number of hydrazone groups is 1. The minimum Gasteiger partial charge on any atom is -0.422 e. The molecule has 0 aliphatic carbocycles. The van der Waals surface area contributed by atoms with Crippen LogP contribution < -0.4 is 10.2 Å². The van der Waals surface area contributed by atoms with Gasteiger partial charge in [-0.15, -0.1) is 0 Å². The molecule has 0 heterocycles. The first-order valence-electron chi connectivity index (χ1n) is 9.91. The molecule has 0 aromatic heterocycles. The van der Waals surface area contributed by atoms with Crippen molar-refractivity contribution in [2.45, 2.75) is 6.92 Å². The number of amides is 1. The Morgan fingerprint density at radius 1 is 0.938 bits per heavy atom. The standard InChI is InChI=1S/C26H19FN2O3/c1-17-7-6-9-19(15-17)26(31)32-24-14-13-18-8-2-3-10-20(18)22(24)16-28-29-25(30)21-11-4-5-12-23(21)27/h2-16H,1H3,(H,29,30)/b28-16+. The summed E-state index contributed by atoms with van der Waals surface area (Å²) >= 11 is 0. The minimum absolute atomic E-state index is 0.117. The molecule has 0 radical (unpaired) electrons. The molecule has 5 nitrogen and oxygen atoms in total. The lowest BCUT2D eigenvalue weighted by molar-refractivity contribution is 0.0734. The van der Waals surface area contributed by atoms with Gasteiger partial charge in [-0.3, -0.25) is 4.79 Å². The van der Waals surface area contributed by atoms with E-state index in [2.05, 4.69) is 10.5 Å². The molecule has 0 fully saturated rings. The summed E-state index contributed by atoms with van der Waals surface area (Å²) in [6, 6.07) is 23.8. The van der Waals surface area contributed by atoms with E-state index in [1.54, 1.807) is 30.3 Å². The summed E-state index contributed by atoms with van der Waals surface area (Å²) in [6.45, 7) is 1.89. The highest BCUT2D eigenvalue weighted by molar-refractivity contribution is 6.04. The third kappa shape index (κ3) is 4.54. The highest BCUT2D eigenvalue weighted by atomic mass is 19.1. The van der Waals surface area contributed by atoms with Crippen LogP contribution in [-0.2, 0) is 0 Å². The molecule has 0 aliphatic rings. The van der Waals surface area contributed by atoms with E-state index in [4.69, 9.17) is 4.74 Å². The number of benzene rings is 4. The quantitative estimate of drug-likeness (QED) is 0.205. The smallest absolute Gasteiger partial charge is 0.343 e. The summed E-state index contributed by atoms with van der Waals surface area (Å²) in [5, 5.41) is 5.67. The molecule has 32 heavy (non-hydrogen) atoms. The Hall–Kier alpha value is -4.32. The van der Waals surface area contributed by atoms with Crippen molar-refractivity contribution in [2.24, 2.45) is 5.10 Å². The van der Waals surface area contributed by atoms with Crippen molar-refractivity contribution in [3.8, 4) is 5.75 Å². The van der Waals surface area contributed by atoms with Gasteiger partial charge in [-0.1, -0.05) is 60.2 Å². The second-order valence-electron chi connectivity index (χ2n) is 7.14. The van der Waals surface area contributed by atoms with E-state index < -0.39 is 17.7 Å². The van der Waals surface area contributed by atoms with E-state index in [1.807, 2.05) is 43.3 Å². The van der Waals surface area contributed by atoms with Gasteiger partial charge in [-0.25, -0.2) is 14.6 Å². The van der Waals surface area contributed by atoms with Crippen molar-refractivity contribution >= 4 is 28.9 Å². The maximum absolute atomic E-state index is 13.8. The number of fused-ring (bicyclic) bond motifs is 1. The predicted molar refractivity (Wildman–Crippen MR) is 122 cm³/mol. The third-order valence-electron chi connectivity index (χ3n) is 4.87. The van der Waals surface area contributed by atoms with Crippen LogP contribution in [0.3, 0.4) is 0 Å². The van der Waals surface area contributed by atoms with E-state index in [-0.39, 0.29) is 5.56 Å². The number of ether oxygens (including phenoxy) is 1. The average molecular weight is 426 g/mol. The normalized spacial score (nSPS) is 10.9. The average Bonchev–Trinajstić information content (AvgIpc) is 2.80. The molecular weight excluding hydrogens is 407 g/mol. The topological polar surface area (TPSA) is 67.8 Å². The number of hydrogen-bond acceptors (Lipinski definition) is 4. The molecule has 0 spiro atoms. The van der Waals surface area contributed by atoms with E-state index >= 15 is 0 Å². The molecular formula is C26H19FN2O3. The lowest BCUT2D eigenvalue weighted by Gasteiger charge is -2.11. The number of nitrogens with one attached hydrogen (secondary N) is 1. The molecule has 0 aliphatic heterocycles. The van der Waals surface area contributed by atoms with Gasteiger partial charge in [0.2, 0.25) is 0 Å². The predicted octanol–water partition coefficient (Wildman–Crippen LogP) is 5.27. The van der Waals surface area contributed by atoms with Crippen LogP contribution in [0.2, 0.25) is 0 Å². The third-order valence-corrected chi connectivity index (χ3v) is 4.87. The van der Waals surface area contributed by atoms with Gasteiger partial charge in [0, 0.05) is 5.56 Å². The number of nitrogens with zero attached hydrogens (tertiary/aromatic N) is 1. The maximum atomic E-state index is 13.8. The lowest BCUT2D eigenvalue weighted by Crippen LogP contribution is -2.19. The zero-order chi connectivity index (χ0) is 22.5. The van der Waals surface area contributed by atoms with Crippen LogP contribution in [0.25, 0.3) is 10.8 Å². The van der Waals surface area contributed by atoms with Crippen molar-refractivity contribution in [1.82, 2.24) is 5.43 Å². The van der Waals surface area contributed by atoms with Crippen LogP contribution in [0.5, 0.6) is 5.75 Å². The molecule has 4 aromatic carbocycles. The van der Waals surface area contributed by atoms with E-state index in [9.17, 15) is 14.0 Å². The molecule has 158 valence electrons. The van der Waals surface area contributed by atoms with Crippen molar-refractivity contribution in [3.63, 3.8) is 0 Å². The highest BCUT2D eigenvalue weighted by Gasteiger charge is 2.14. The van der Waals surface area contributed by atoms with Crippen LogP contribution in [0.4, 0.5) is 4.39 Å². The van der Waals surface area contributed by atoms with E-state index in [1.165, 1.54) is 24.4 Å². The van der Waals surface area contributed by atoms with Crippen molar-refractivity contribution < 1.29 is 18.7 Å². The molecule has 1 amide bonds. The maximum Gasteiger partial charge on any atom is 0.343 e. The number of aryl methyl sites for hydroxylation is 1. The van der Waals surface area contributed by atoms with Crippen LogP contribution in [0.15, 0.2) is 90.0 Å². The first-order valence-corrected chi connectivity index (χ1v) is 9.91. The first-order chi connectivity index (χ1) is 15.5. The summed E-state index contributed by atoms with van der Waals surface area (Å²) in [7, 11) is 0. The summed E-state index contributed by atoms with van der Waals surface area (Å²) < 4.78 is 19.5. The summed E-state index contributed by atoms with van der Waals surface area (Å²) in [5.74, 6) is -1.54. The first kappa shape index (κ1) is 20.9. The molecule has 0 saturated carbocycles. The van der Waals surface area contributed by atoms with Crippen LogP contribution in [-0.4, -0.2) is 18.1 Å². The highest BCUT2D eigenvalue weighted by Crippen LogP contribution is 2.27. The number of carbonyl (C=O) groups excluding carboxylic acids is 2. The Morgan fingerprint density at radius 3 is 2.53 bits per heavy atom. The van der Waals surface area contributed by atoms with Gasteiger partial charge in [0.1, 0.15) is 11.6 Å². The number of rotatable bonds is 5. The number of halogens is 1. The zero-order valence-corrected chi connectivity index (χ0v) is 17.2. The Labute approximate surface area is 184 Å². The molecule has 0 bridgehead atoms. The van der Waals surface area contributed by atoms with Crippen molar-refractivity contribution in [1.29, 1.82) is 0 Å². The van der Waals surface area contributed by atoms with Crippen LogP contribution >= 0.6 is 0 Å². The van der Waals surface area contributed by atoms with E-state index in [0.29, 0.717) is 16.9 Å². The van der Waals surface area contributed by atoms with Gasteiger partial charge in [0.15, 0.2) is 0 Å². The SMILES string of the molecule is Cc1cccc(C(=O)Oc2ccc3ccccc3c2/C=N/NC(=O)c2ccccc2F)c1. The monoisotopic (exact) mass is 426 g/mol. The Balaban J connectivity index is 1.64. The summed E-state index contributed by atoms with van der Waals surface area (Å²) in [6.07, 6.45) is 1.39. The lowest BCUT2D eigenvalue weighted by atomic mass is 10.0. The van der Waals surface area contributed by atoms with Gasteiger partial charge < -0.3 is 4.74 Å². The van der Waals surface area contributed by atoms with Gasteiger partial charge in [0.05, 0.1) is 17.3 Å². The molecule has 0 saturated heterocycles. The summed E-state index contributed by atoms with van der Waals surface area (Å²) in [4.78, 5) is 24.9. The molecule has 0 atom stereocenters. The molecule has 1 N–H and O–H groups in total. The fourth-order valence-corrected chi connectivity index (χ4v) is 3.29. The van der Waals surface area contributed by atoms with Gasteiger partial charge in [0.25, 0.3) is 5.91 Å². The van der Waals surface area contributed by atoms with Gasteiger partial charge in [-0.05, 0) is 48.0 Å². The second kappa shape index (κ2) is 9.22. The van der Waals surface area contributed by atoms with E-state index in [0.717, 1.165) is 16.3 Å². The van der Waals surface area contributed by atoms with Crippen LogP contribution in [0, 0.1) is 12.7 Å². The molecule has 0 unspecified atom stereocenters. The number of esters is 1. The Kier molecular flexibility index (Phi) is 6.03. The Bertz CT molecular complexity index is 1350. The fraction of sp³-hybridized carbons (Fsp3) is 0.0385. The summed E-state index contributed by atoms with van der Waals surface area (Å²) in [5.41, 5.74) is 4.08. The molecule has 4 aromatic rings. The van der Waals surface area contributed by atoms with Crippen LogP contribution in [0.1, 0.15) is 31.8 Å². The fourth-order valence-electron chi connectivity index (χ4n) is 3.29. The Morgan fingerprint density at radius 2 is 1.72 bits per heavy atom. The van der Waals surface area contributed by atoms with Crippen molar-refractivity contribution in [2.75, 3.05) is 0 Å². The van der Waals surface area contributed by atoms with Crippen molar-refractivity contribution in [3.05, 3.63) is 113 Å². The molecule has 4 rings (SSSR count). The molecule has 6 heteroatoms. The number of carbonyl (C=O) groups is 2. The second-order valence-corrected chi connectivity index (χ2v) is 7.14. The van der Waals surface area contributed by atoms with Gasteiger partial charge in [-0.2, -0.15) is 5.10 Å². The largest absolute Gasteiger partial charge is 0.422 e.